The second kappa shape index (κ2) is 7.94. The fourth-order valence-electron chi connectivity index (χ4n) is 2.64. The molecule has 1 aromatic heterocycles. The predicted octanol–water partition coefficient (Wildman–Crippen LogP) is 3.09. The van der Waals surface area contributed by atoms with E-state index in [4.69, 9.17) is 18.9 Å². The van der Waals surface area contributed by atoms with E-state index in [0.29, 0.717) is 22.9 Å². The van der Waals surface area contributed by atoms with Crippen molar-refractivity contribution in [2.24, 2.45) is 4.99 Å². The fourth-order valence-corrected chi connectivity index (χ4v) is 2.64. The third-order valence-corrected chi connectivity index (χ3v) is 3.95. The molecule has 142 valence electrons. The van der Waals surface area contributed by atoms with Gasteiger partial charge in [-0.1, -0.05) is 0 Å². The van der Waals surface area contributed by atoms with Crippen LogP contribution in [0, 0.1) is 6.92 Å². The van der Waals surface area contributed by atoms with Crippen molar-refractivity contribution in [3.05, 3.63) is 41.2 Å². The number of aliphatic imine (C=N–C) groups is 1. The quantitative estimate of drug-likeness (QED) is 0.440. The molecule has 1 aromatic carbocycles. The molecule has 0 fully saturated rings. The molecule has 1 aliphatic heterocycles. The summed E-state index contributed by atoms with van der Waals surface area (Å²) in [5.41, 5.74) is 1.62. The van der Waals surface area contributed by atoms with E-state index in [-0.39, 0.29) is 31.3 Å². The minimum absolute atomic E-state index is 0.176. The first kappa shape index (κ1) is 18.5. The Morgan fingerprint density at radius 1 is 1.11 bits per heavy atom. The van der Waals surface area contributed by atoms with Gasteiger partial charge in [-0.2, -0.15) is 0 Å². The standard InChI is InChI=1S/C19H20N2O6/c1-4-24-18(22)14-9-15(19(23)25-5-2)21(12(14)3)10-20-13-6-7-16-17(8-13)27-11-26-16/h6-10H,4-5,11H2,1-3H3. The molecule has 0 N–H and O–H groups in total. The van der Waals surface area contributed by atoms with Crippen LogP contribution in [-0.4, -0.2) is 42.9 Å². The summed E-state index contributed by atoms with van der Waals surface area (Å²) < 4.78 is 22.2. The van der Waals surface area contributed by atoms with Crippen molar-refractivity contribution >= 4 is 24.0 Å². The molecule has 27 heavy (non-hydrogen) atoms. The minimum Gasteiger partial charge on any atom is -0.462 e. The van der Waals surface area contributed by atoms with Crippen LogP contribution < -0.4 is 9.47 Å². The van der Waals surface area contributed by atoms with E-state index in [1.54, 1.807) is 39.0 Å². The monoisotopic (exact) mass is 372 g/mol. The fraction of sp³-hybridized carbons (Fsp3) is 0.316. The van der Waals surface area contributed by atoms with Crippen LogP contribution >= 0.6 is 0 Å². The first-order chi connectivity index (χ1) is 13.0. The van der Waals surface area contributed by atoms with E-state index < -0.39 is 11.9 Å². The number of nitrogens with zero attached hydrogens (tertiary/aromatic N) is 2. The number of ether oxygens (including phenoxy) is 4. The van der Waals surface area contributed by atoms with Crippen molar-refractivity contribution in [2.75, 3.05) is 20.0 Å². The number of benzene rings is 1. The van der Waals surface area contributed by atoms with Crippen molar-refractivity contribution in [1.29, 1.82) is 0 Å². The summed E-state index contributed by atoms with van der Waals surface area (Å²) in [4.78, 5) is 28.8. The number of hydrogen-bond acceptors (Lipinski definition) is 7. The summed E-state index contributed by atoms with van der Waals surface area (Å²) in [5.74, 6) is 0.207. The lowest BCUT2D eigenvalue weighted by Gasteiger charge is -2.06. The van der Waals surface area contributed by atoms with Crippen molar-refractivity contribution in [1.82, 2.24) is 4.57 Å². The van der Waals surface area contributed by atoms with Crippen LogP contribution in [0.25, 0.3) is 0 Å². The molecule has 0 saturated carbocycles. The highest BCUT2D eigenvalue weighted by Gasteiger charge is 2.22. The van der Waals surface area contributed by atoms with E-state index >= 15 is 0 Å². The number of hydrogen-bond donors (Lipinski definition) is 0. The lowest BCUT2D eigenvalue weighted by Crippen LogP contribution is -2.13. The topological polar surface area (TPSA) is 88.4 Å². The lowest BCUT2D eigenvalue weighted by atomic mass is 10.2. The van der Waals surface area contributed by atoms with Crippen LogP contribution in [0.3, 0.4) is 0 Å². The molecule has 2 aromatic rings. The van der Waals surface area contributed by atoms with Crippen LogP contribution in [0.1, 0.15) is 40.4 Å². The highest BCUT2D eigenvalue weighted by atomic mass is 16.7. The largest absolute Gasteiger partial charge is 0.462 e. The van der Waals surface area contributed by atoms with Gasteiger partial charge in [-0.25, -0.2) is 14.6 Å². The van der Waals surface area contributed by atoms with Gasteiger partial charge in [0, 0.05) is 11.8 Å². The highest BCUT2D eigenvalue weighted by molar-refractivity contribution is 5.98. The van der Waals surface area contributed by atoms with E-state index in [2.05, 4.69) is 4.99 Å². The molecule has 0 saturated heterocycles. The van der Waals surface area contributed by atoms with Gasteiger partial charge >= 0.3 is 11.9 Å². The molecule has 3 rings (SSSR count). The molecule has 1 aliphatic rings. The molecule has 0 amide bonds. The van der Waals surface area contributed by atoms with Crippen LogP contribution in [-0.2, 0) is 9.47 Å². The maximum absolute atomic E-state index is 12.3. The Kier molecular flexibility index (Phi) is 5.44. The van der Waals surface area contributed by atoms with Gasteiger partial charge in [-0.3, -0.25) is 4.57 Å². The maximum atomic E-state index is 12.3. The van der Waals surface area contributed by atoms with Crippen LogP contribution in [0.15, 0.2) is 29.3 Å². The Bertz CT molecular complexity index is 900. The van der Waals surface area contributed by atoms with Gasteiger partial charge in [0.25, 0.3) is 0 Å². The first-order valence-electron chi connectivity index (χ1n) is 8.55. The first-order valence-corrected chi connectivity index (χ1v) is 8.55. The Morgan fingerprint density at radius 3 is 2.56 bits per heavy atom. The zero-order chi connectivity index (χ0) is 19.4. The average molecular weight is 372 g/mol. The molecule has 0 aliphatic carbocycles. The number of carbonyl (C=O) groups excluding carboxylic acids is 2. The molecule has 0 radical (unpaired) electrons. The van der Waals surface area contributed by atoms with E-state index in [0.717, 1.165) is 0 Å². The SMILES string of the molecule is CCOC(=O)c1cc(C(=O)OCC)n(C=Nc2ccc3c(c2)OCO3)c1C. The van der Waals surface area contributed by atoms with E-state index in [1.165, 1.54) is 17.0 Å². The van der Waals surface area contributed by atoms with Gasteiger partial charge < -0.3 is 18.9 Å². The Labute approximate surface area is 156 Å². The average Bonchev–Trinajstić information content (AvgIpc) is 3.24. The summed E-state index contributed by atoms with van der Waals surface area (Å²) >= 11 is 0. The molecule has 8 nitrogen and oxygen atoms in total. The molecule has 0 atom stereocenters. The molecular weight excluding hydrogens is 352 g/mol. The smallest absolute Gasteiger partial charge is 0.355 e. The van der Waals surface area contributed by atoms with Crippen LogP contribution in [0.5, 0.6) is 11.5 Å². The zero-order valence-electron chi connectivity index (χ0n) is 15.4. The number of rotatable bonds is 6. The van der Waals surface area contributed by atoms with Gasteiger partial charge in [0.15, 0.2) is 11.5 Å². The third-order valence-electron chi connectivity index (χ3n) is 3.95. The zero-order valence-corrected chi connectivity index (χ0v) is 15.4. The summed E-state index contributed by atoms with van der Waals surface area (Å²) in [6, 6.07) is 6.71. The van der Waals surface area contributed by atoms with Crippen LogP contribution in [0.4, 0.5) is 5.69 Å². The van der Waals surface area contributed by atoms with Crippen LogP contribution in [0.2, 0.25) is 0 Å². The van der Waals surface area contributed by atoms with Gasteiger partial charge in [0.1, 0.15) is 12.0 Å². The second-order valence-electron chi connectivity index (χ2n) is 5.62. The number of esters is 2. The molecule has 0 spiro atoms. The lowest BCUT2D eigenvalue weighted by molar-refractivity contribution is 0.0516. The summed E-state index contributed by atoms with van der Waals surface area (Å²) in [6.45, 7) is 5.78. The Hall–Kier alpha value is -3.29. The van der Waals surface area contributed by atoms with E-state index in [9.17, 15) is 9.59 Å². The molecular formula is C19H20N2O6. The number of aromatic nitrogens is 1. The predicted molar refractivity (Wildman–Crippen MR) is 97.2 cm³/mol. The third kappa shape index (κ3) is 3.79. The number of carbonyl (C=O) groups is 2. The maximum Gasteiger partial charge on any atom is 0.355 e. The molecule has 2 heterocycles. The van der Waals surface area contributed by atoms with E-state index in [1.807, 2.05) is 0 Å². The summed E-state index contributed by atoms with van der Waals surface area (Å²) in [7, 11) is 0. The molecule has 0 unspecified atom stereocenters. The molecule has 0 bridgehead atoms. The van der Waals surface area contributed by atoms with Crippen molar-refractivity contribution in [2.45, 2.75) is 20.8 Å². The summed E-state index contributed by atoms with van der Waals surface area (Å²) in [6.07, 6.45) is 1.46. The van der Waals surface area contributed by atoms with Crippen molar-refractivity contribution < 1.29 is 28.5 Å². The Balaban J connectivity index is 1.97. The number of fused-ring (bicyclic) bond motifs is 1. The van der Waals surface area contributed by atoms with Crippen molar-refractivity contribution in [3.63, 3.8) is 0 Å². The summed E-state index contributed by atoms with van der Waals surface area (Å²) in [5, 5.41) is 0. The van der Waals surface area contributed by atoms with Crippen molar-refractivity contribution in [3.8, 4) is 11.5 Å². The van der Waals surface area contributed by atoms with Gasteiger partial charge in [-0.15, -0.1) is 0 Å². The van der Waals surface area contributed by atoms with Gasteiger partial charge in [-0.05, 0) is 39.0 Å². The minimum atomic E-state index is -0.548. The van der Waals surface area contributed by atoms with Gasteiger partial charge in [0.05, 0.1) is 24.5 Å². The highest BCUT2D eigenvalue weighted by Crippen LogP contribution is 2.35. The second-order valence-corrected chi connectivity index (χ2v) is 5.62. The normalized spacial score (nSPS) is 12.4. The Morgan fingerprint density at radius 2 is 1.81 bits per heavy atom. The molecule has 8 heteroatoms. The van der Waals surface area contributed by atoms with Gasteiger partial charge in [0.2, 0.25) is 6.79 Å².